The number of nitrogens with one attached hydrogen (secondary N) is 1. The number of aromatic hydroxyl groups is 1. The molecular weight excluding hydrogens is 216 g/mol. The lowest BCUT2D eigenvalue weighted by molar-refractivity contribution is -0.116. The van der Waals surface area contributed by atoms with Crippen LogP contribution in [0.4, 0.5) is 5.69 Å². The molecule has 1 aromatic rings. The van der Waals surface area contributed by atoms with Gasteiger partial charge in [0.15, 0.2) is 0 Å². The summed E-state index contributed by atoms with van der Waals surface area (Å²) < 4.78 is 0. The van der Waals surface area contributed by atoms with Crippen molar-refractivity contribution in [2.24, 2.45) is 11.7 Å². The number of rotatable bonds is 4. The van der Waals surface area contributed by atoms with Gasteiger partial charge in [-0.25, -0.2) is 0 Å². The van der Waals surface area contributed by atoms with Gasteiger partial charge in [-0.1, -0.05) is 13.0 Å². The van der Waals surface area contributed by atoms with Crippen molar-refractivity contribution in [3.05, 3.63) is 23.3 Å². The number of benzene rings is 1. The molecule has 1 rings (SSSR count). The van der Waals surface area contributed by atoms with Crippen molar-refractivity contribution in [2.45, 2.75) is 27.2 Å². The second kappa shape index (κ2) is 5.68. The molecule has 1 atom stereocenters. The zero-order chi connectivity index (χ0) is 13.0. The largest absolute Gasteiger partial charge is 0.507 e. The number of amides is 1. The quantitative estimate of drug-likeness (QED) is 0.747. The number of nitrogens with two attached hydrogens (primary N) is 1. The van der Waals surface area contributed by atoms with Crippen molar-refractivity contribution in [2.75, 3.05) is 11.9 Å². The average Bonchev–Trinajstić information content (AvgIpc) is 2.29. The molecule has 0 aliphatic carbocycles. The fraction of sp³-hybridized carbons (Fsp3) is 0.462. The number of phenolic OH excluding ortho intramolecular Hbond substituents is 1. The van der Waals surface area contributed by atoms with Gasteiger partial charge in [-0.3, -0.25) is 4.79 Å². The molecule has 17 heavy (non-hydrogen) atoms. The molecule has 0 fully saturated rings. The van der Waals surface area contributed by atoms with Crippen LogP contribution in [0, 0.1) is 19.8 Å². The summed E-state index contributed by atoms with van der Waals surface area (Å²) in [6.45, 7) is 6.03. The van der Waals surface area contributed by atoms with Crippen LogP contribution >= 0.6 is 0 Å². The van der Waals surface area contributed by atoms with Gasteiger partial charge in [-0.05, 0) is 37.9 Å². The second-order valence-corrected chi connectivity index (χ2v) is 4.50. The molecule has 0 aromatic heterocycles. The van der Waals surface area contributed by atoms with E-state index in [-0.39, 0.29) is 17.6 Å². The molecule has 0 radical (unpaired) electrons. The van der Waals surface area contributed by atoms with Gasteiger partial charge in [0.25, 0.3) is 0 Å². The van der Waals surface area contributed by atoms with Gasteiger partial charge in [-0.15, -0.1) is 0 Å². The first-order chi connectivity index (χ1) is 7.95. The van der Waals surface area contributed by atoms with Crippen molar-refractivity contribution in [3.63, 3.8) is 0 Å². The number of hydrogen-bond donors (Lipinski definition) is 3. The summed E-state index contributed by atoms with van der Waals surface area (Å²) in [4.78, 5) is 11.7. The molecule has 0 saturated heterocycles. The summed E-state index contributed by atoms with van der Waals surface area (Å²) in [5, 5.41) is 12.5. The van der Waals surface area contributed by atoms with E-state index in [1.165, 1.54) is 0 Å². The zero-order valence-electron chi connectivity index (χ0n) is 10.6. The molecular formula is C13H20N2O2. The summed E-state index contributed by atoms with van der Waals surface area (Å²) in [7, 11) is 0. The standard InChI is InChI=1S/C13H20N2O2/c1-8(7-14)6-12(16)15-11-5-4-9(2)13(17)10(11)3/h4-5,8,17H,6-7,14H2,1-3H3,(H,15,16). The predicted molar refractivity (Wildman–Crippen MR) is 69.0 cm³/mol. The van der Waals surface area contributed by atoms with Crippen LogP contribution in [0.1, 0.15) is 24.5 Å². The lowest BCUT2D eigenvalue weighted by Crippen LogP contribution is -2.20. The van der Waals surface area contributed by atoms with Crippen molar-refractivity contribution < 1.29 is 9.90 Å². The van der Waals surface area contributed by atoms with E-state index in [2.05, 4.69) is 5.32 Å². The molecule has 0 saturated carbocycles. The van der Waals surface area contributed by atoms with Crippen LogP contribution in [0.2, 0.25) is 0 Å². The molecule has 0 aliphatic heterocycles. The summed E-state index contributed by atoms with van der Waals surface area (Å²) in [6, 6.07) is 3.58. The van der Waals surface area contributed by atoms with Crippen molar-refractivity contribution >= 4 is 11.6 Å². The highest BCUT2D eigenvalue weighted by atomic mass is 16.3. The Bertz CT molecular complexity index is 416. The molecule has 1 unspecified atom stereocenters. The third-order valence-corrected chi connectivity index (χ3v) is 2.84. The maximum absolute atomic E-state index is 11.7. The van der Waals surface area contributed by atoms with Gasteiger partial charge in [0.2, 0.25) is 5.91 Å². The smallest absolute Gasteiger partial charge is 0.224 e. The van der Waals surface area contributed by atoms with E-state index in [1.54, 1.807) is 19.1 Å². The van der Waals surface area contributed by atoms with E-state index in [9.17, 15) is 9.90 Å². The number of phenols is 1. The Kier molecular flexibility index (Phi) is 4.52. The highest BCUT2D eigenvalue weighted by molar-refractivity contribution is 5.92. The summed E-state index contributed by atoms with van der Waals surface area (Å²) in [6.07, 6.45) is 0.393. The molecule has 0 spiro atoms. The topological polar surface area (TPSA) is 75.4 Å². The predicted octanol–water partition coefficient (Wildman–Crippen LogP) is 1.93. The number of anilines is 1. The highest BCUT2D eigenvalue weighted by Gasteiger charge is 2.11. The third kappa shape index (κ3) is 3.46. The minimum absolute atomic E-state index is 0.0747. The maximum Gasteiger partial charge on any atom is 0.224 e. The molecule has 4 nitrogen and oxygen atoms in total. The van der Waals surface area contributed by atoms with E-state index < -0.39 is 0 Å². The second-order valence-electron chi connectivity index (χ2n) is 4.50. The van der Waals surface area contributed by atoms with Crippen LogP contribution < -0.4 is 11.1 Å². The van der Waals surface area contributed by atoms with E-state index in [0.29, 0.717) is 24.2 Å². The Balaban J connectivity index is 2.76. The lowest BCUT2D eigenvalue weighted by Gasteiger charge is -2.13. The minimum atomic E-state index is -0.0747. The number of carbonyl (C=O) groups is 1. The Morgan fingerprint density at radius 1 is 1.47 bits per heavy atom. The van der Waals surface area contributed by atoms with E-state index >= 15 is 0 Å². The van der Waals surface area contributed by atoms with Gasteiger partial charge < -0.3 is 16.2 Å². The van der Waals surface area contributed by atoms with Gasteiger partial charge in [0, 0.05) is 17.7 Å². The van der Waals surface area contributed by atoms with Gasteiger partial charge in [-0.2, -0.15) is 0 Å². The van der Waals surface area contributed by atoms with Gasteiger partial charge >= 0.3 is 0 Å². The van der Waals surface area contributed by atoms with Crippen molar-refractivity contribution in [1.82, 2.24) is 0 Å². The number of aryl methyl sites for hydroxylation is 1. The summed E-state index contributed by atoms with van der Waals surface area (Å²) >= 11 is 0. The highest BCUT2D eigenvalue weighted by Crippen LogP contribution is 2.28. The minimum Gasteiger partial charge on any atom is -0.507 e. The molecule has 0 heterocycles. The lowest BCUT2D eigenvalue weighted by atomic mass is 10.1. The van der Waals surface area contributed by atoms with E-state index in [4.69, 9.17) is 5.73 Å². The molecule has 1 aromatic carbocycles. The molecule has 1 amide bonds. The molecule has 4 heteroatoms. The summed E-state index contributed by atoms with van der Waals surface area (Å²) in [5.74, 6) is 0.318. The first-order valence-corrected chi connectivity index (χ1v) is 5.74. The van der Waals surface area contributed by atoms with Crippen LogP contribution in [0.15, 0.2) is 12.1 Å². The number of carbonyl (C=O) groups excluding carboxylic acids is 1. The van der Waals surface area contributed by atoms with Gasteiger partial charge in [0.1, 0.15) is 5.75 Å². The molecule has 0 aliphatic rings. The van der Waals surface area contributed by atoms with Crippen LogP contribution in [0.25, 0.3) is 0 Å². The average molecular weight is 236 g/mol. The van der Waals surface area contributed by atoms with Gasteiger partial charge in [0.05, 0.1) is 0 Å². The van der Waals surface area contributed by atoms with Crippen LogP contribution in [0.3, 0.4) is 0 Å². The monoisotopic (exact) mass is 236 g/mol. The zero-order valence-corrected chi connectivity index (χ0v) is 10.6. The van der Waals surface area contributed by atoms with E-state index in [1.807, 2.05) is 13.8 Å². The molecule has 4 N–H and O–H groups in total. The summed E-state index contributed by atoms with van der Waals surface area (Å²) in [5.41, 5.74) is 7.62. The first kappa shape index (κ1) is 13.5. The Hall–Kier alpha value is -1.55. The third-order valence-electron chi connectivity index (χ3n) is 2.84. The normalized spacial score (nSPS) is 12.2. The molecule has 0 bridgehead atoms. The van der Waals surface area contributed by atoms with Crippen LogP contribution in [-0.2, 0) is 4.79 Å². The van der Waals surface area contributed by atoms with Crippen molar-refractivity contribution in [1.29, 1.82) is 0 Å². The first-order valence-electron chi connectivity index (χ1n) is 5.74. The fourth-order valence-electron chi connectivity index (χ4n) is 1.57. The fourth-order valence-corrected chi connectivity index (χ4v) is 1.57. The SMILES string of the molecule is Cc1ccc(NC(=O)CC(C)CN)c(C)c1O. The van der Waals surface area contributed by atoms with Crippen molar-refractivity contribution in [3.8, 4) is 5.75 Å². The van der Waals surface area contributed by atoms with Crippen LogP contribution in [0.5, 0.6) is 5.75 Å². The Morgan fingerprint density at radius 3 is 2.71 bits per heavy atom. The Labute approximate surface area is 102 Å². The Morgan fingerprint density at radius 2 is 2.12 bits per heavy atom. The maximum atomic E-state index is 11.7. The van der Waals surface area contributed by atoms with E-state index in [0.717, 1.165) is 5.56 Å². The van der Waals surface area contributed by atoms with Crippen LogP contribution in [-0.4, -0.2) is 17.6 Å². The number of hydrogen-bond acceptors (Lipinski definition) is 3. The molecule has 94 valence electrons.